The van der Waals surface area contributed by atoms with Crippen molar-refractivity contribution in [1.82, 2.24) is 0 Å². The fourth-order valence-electron chi connectivity index (χ4n) is 2.91. The summed E-state index contributed by atoms with van der Waals surface area (Å²) in [5.74, 6) is 0. The summed E-state index contributed by atoms with van der Waals surface area (Å²) in [5, 5.41) is 13.1. The van der Waals surface area contributed by atoms with Crippen LogP contribution in [-0.4, -0.2) is 5.11 Å². The number of aliphatic hydroxyl groups is 1. The molecule has 0 saturated carbocycles. The van der Waals surface area contributed by atoms with Crippen LogP contribution in [0.3, 0.4) is 0 Å². The molecule has 1 atom stereocenters. The van der Waals surface area contributed by atoms with Gasteiger partial charge in [-0.05, 0) is 41.3 Å². The van der Waals surface area contributed by atoms with E-state index in [1.807, 2.05) is 6.07 Å². The number of fused-ring (bicyclic) bond motifs is 1. The van der Waals surface area contributed by atoms with E-state index in [4.69, 9.17) is 0 Å². The van der Waals surface area contributed by atoms with E-state index in [2.05, 4.69) is 68.4 Å². The molecule has 0 fully saturated rings. The highest BCUT2D eigenvalue weighted by Gasteiger charge is 2.13. The minimum atomic E-state index is -0.462. The summed E-state index contributed by atoms with van der Waals surface area (Å²) in [7, 11) is 0. The number of aryl methyl sites for hydroxylation is 2. The summed E-state index contributed by atoms with van der Waals surface area (Å²) in [6, 6.07) is 20.9. The summed E-state index contributed by atoms with van der Waals surface area (Å²) in [5.41, 5.74) is 4.56. The number of hydrogen-bond donors (Lipinski definition) is 1. The second kappa shape index (κ2) is 5.71. The smallest absolute Gasteiger partial charge is 0.0833 e. The van der Waals surface area contributed by atoms with Crippen LogP contribution in [0.5, 0.6) is 0 Å². The van der Waals surface area contributed by atoms with Gasteiger partial charge in [0.2, 0.25) is 0 Å². The van der Waals surface area contributed by atoms with Gasteiger partial charge in [0.05, 0.1) is 6.10 Å². The second-order valence-corrected chi connectivity index (χ2v) is 5.72. The average molecular weight is 276 g/mol. The highest BCUT2D eigenvalue weighted by molar-refractivity contribution is 5.85. The minimum absolute atomic E-state index is 0.462. The quantitative estimate of drug-likeness (QED) is 0.733. The van der Waals surface area contributed by atoms with Crippen LogP contribution in [0.25, 0.3) is 10.8 Å². The molecule has 1 nitrogen and oxygen atoms in total. The van der Waals surface area contributed by atoms with Gasteiger partial charge in [0.15, 0.2) is 0 Å². The van der Waals surface area contributed by atoms with Crippen LogP contribution < -0.4 is 0 Å². The third kappa shape index (κ3) is 2.84. The first-order chi connectivity index (χ1) is 10.1. The Labute approximate surface area is 125 Å². The largest absolute Gasteiger partial charge is 0.388 e. The lowest BCUT2D eigenvalue weighted by atomic mass is 9.94. The Morgan fingerprint density at radius 3 is 2.52 bits per heavy atom. The van der Waals surface area contributed by atoms with Crippen molar-refractivity contribution < 1.29 is 5.11 Å². The van der Waals surface area contributed by atoms with Gasteiger partial charge in [0.25, 0.3) is 0 Å². The van der Waals surface area contributed by atoms with Crippen molar-refractivity contribution in [2.75, 3.05) is 0 Å². The number of rotatable bonds is 3. The van der Waals surface area contributed by atoms with Gasteiger partial charge in [-0.3, -0.25) is 0 Å². The van der Waals surface area contributed by atoms with Crippen molar-refractivity contribution in [3.05, 3.63) is 82.9 Å². The molecule has 21 heavy (non-hydrogen) atoms. The second-order valence-electron chi connectivity index (χ2n) is 5.72. The maximum Gasteiger partial charge on any atom is 0.0833 e. The molecule has 0 bridgehead atoms. The van der Waals surface area contributed by atoms with Gasteiger partial charge in [0.1, 0.15) is 0 Å². The van der Waals surface area contributed by atoms with Gasteiger partial charge < -0.3 is 5.11 Å². The van der Waals surface area contributed by atoms with E-state index < -0.39 is 6.10 Å². The van der Waals surface area contributed by atoms with Gasteiger partial charge in [0, 0.05) is 6.42 Å². The molecule has 0 amide bonds. The predicted molar refractivity (Wildman–Crippen MR) is 88.5 cm³/mol. The van der Waals surface area contributed by atoms with Crippen LogP contribution >= 0.6 is 0 Å². The topological polar surface area (TPSA) is 20.2 Å². The molecule has 106 valence electrons. The van der Waals surface area contributed by atoms with E-state index >= 15 is 0 Å². The first-order valence-corrected chi connectivity index (χ1v) is 7.37. The molecular weight excluding hydrogens is 256 g/mol. The Morgan fingerprint density at radius 1 is 0.905 bits per heavy atom. The Balaban J connectivity index is 1.96. The predicted octanol–water partition coefficient (Wildman–Crippen LogP) is 4.73. The number of hydrogen-bond acceptors (Lipinski definition) is 1. The van der Waals surface area contributed by atoms with Crippen molar-refractivity contribution in [2.24, 2.45) is 0 Å². The van der Waals surface area contributed by atoms with Crippen molar-refractivity contribution in [1.29, 1.82) is 0 Å². The Bertz CT molecular complexity index is 768. The zero-order valence-electron chi connectivity index (χ0n) is 12.5. The van der Waals surface area contributed by atoms with Crippen LogP contribution in [0.1, 0.15) is 28.4 Å². The van der Waals surface area contributed by atoms with E-state index in [-0.39, 0.29) is 0 Å². The molecule has 0 heterocycles. The van der Waals surface area contributed by atoms with Crippen molar-refractivity contribution >= 4 is 10.8 Å². The maximum atomic E-state index is 10.6. The fourth-order valence-corrected chi connectivity index (χ4v) is 2.91. The van der Waals surface area contributed by atoms with Crippen LogP contribution in [0.15, 0.2) is 60.7 Å². The summed E-state index contributed by atoms with van der Waals surface area (Å²) in [6.45, 7) is 4.12. The molecular formula is C20H20O. The molecule has 0 aliphatic rings. The van der Waals surface area contributed by atoms with Gasteiger partial charge in [-0.1, -0.05) is 66.2 Å². The van der Waals surface area contributed by atoms with Crippen LogP contribution in [-0.2, 0) is 6.42 Å². The lowest BCUT2D eigenvalue weighted by molar-refractivity contribution is 0.178. The molecule has 0 aliphatic heterocycles. The molecule has 0 aliphatic carbocycles. The molecule has 0 saturated heterocycles. The third-order valence-electron chi connectivity index (χ3n) is 4.09. The van der Waals surface area contributed by atoms with Crippen LogP contribution in [0.4, 0.5) is 0 Å². The zero-order valence-corrected chi connectivity index (χ0v) is 12.5. The monoisotopic (exact) mass is 276 g/mol. The molecule has 0 radical (unpaired) electrons. The van der Waals surface area contributed by atoms with Crippen LogP contribution in [0, 0.1) is 13.8 Å². The van der Waals surface area contributed by atoms with Gasteiger partial charge in [-0.15, -0.1) is 0 Å². The highest BCUT2D eigenvalue weighted by Crippen LogP contribution is 2.26. The fraction of sp³-hybridized carbons (Fsp3) is 0.200. The summed E-state index contributed by atoms with van der Waals surface area (Å²) in [6.07, 6.45) is 0.182. The Hall–Kier alpha value is -2.12. The van der Waals surface area contributed by atoms with E-state index in [9.17, 15) is 5.11 Å². The Kier molecular flexibility index (Phi) is 3.76. The molecule has 3 aromatic rings. The average Bonchev–Trinajstić information content (AvgIpc) is 2.50. The molecule has 3 rings (SSSR count). The normalized spacial score (nSPS) is 12.5. The summed E-state index contributed by atoms with van der Waals surface area (Å²) >= 11 is 0. The van der Waals surface area contributed by atoms with E-state index in [1.165, 1.54) is 21.9 Å². The van der Waals surface area contributed by atoms with Crippen molar-refractivity contribution in [2.45, 2.75) is 26.4 Å². The Morgan fingerprint density at radius 2 is 1.67 bits per heavy atom. The van der Waals surface area contributed by atoms with Gasteiger partial charge >= 0.3 is 0 Å². The number of benzene rings is 3. The SMILES string of the molecule is Cc1ccc(C)c(C(O)Cc2cccc3ccccc23)c1. The van der Waals surface area contributed by atoms with E-state index in [0.29, 0.717) is 6.42 Å². The molecule has 1 heteroatoms. The third-order valence-corrected chi connectivity index (χ3v) is 4.09. The minimum Gasteiger partial charge on any atom is -0.388 e. The highest BCUT2D eigenvalue weighted by atomic mass is 16.3. The first kappa shape index (κ1) is 13.8. The first-order valence-electron chi connectivity index (χ1n) is 7.37. The van der Waals surface area contributed by atoms with Gasteiger partial charge in [-0.2, -0.15) is 0 Å². The van der Waals surface area contributed by atoms with E-state index in [1.54, 1.807) is 0 Å². The molecule has 1 N–H and O–H groups in total. The lowest BCUT2D eigenvalue weighted by Gasteiger charge is -2.16. The van der Waals surface area contributed by atoms with Crippen molar-refractivity contribution in [3.63, 3.8) is 0 Å². The van der Waals surface area contributed by atoms with Crippen LogP contribution in [0.2, 0.25) is 0 Å². The van der Waals surface area contributed by atoms with Gasteiger partial charge in [-0.25, -0.2) is 0 Å². The molecule has 1 unspecified atom stereocenters. The summed E-state index contributed by atoms with van der Waals surface area (Å²) in [4.78, 5) is 0. The van der Waals surface area contributed by atoms with E-state index in [0.717, 1.165) is 11.1 Å². The van der Waals surface area contributed by atoms with Crippen molar-refractivity contribution in [3.8, 4) is 0 Å². The molecule has 3 aromatic carbocycles. The lowest BCUT2D eigenvalue weighted by Crippen LogP contribution is -2.04. The molecule has 0 spiro atoms. The number of aliphatic hydroxyl groups excluding tert-OH is 1. The zero-order chi connectivity index (χ0) is 14.8. The maximum absolute atomic E-state index is 10.6. The summed E-state index contributed by atoms with van der Waals surface area (Å²) < 4.78 is 0. The molecule has 0 aromatic heterocycles. The standard InChI is InChI=1S/C20H20O/c1-14-10-11-15(2)19(12-14)20(21)13-17-8-5-7-16-6-3-4-9-18(16)17/h3-12,20-21H,13H2,1-2H3.